The van der Waals surface area contributed by atoms with Crippen LogP contribution in [0.25, 0.3) is 0 Å². The summed E-state index contributed by atoms with van der Waals surface area (Å²) >= 11 is 0. The molecule has 0 saturated heterocycles. The van der Waals surface area contributed by atoms with Crippen LogP contribution in [0.3, 0.4) is 0 Å². The second-order valence-electron chi connectivity index (χ2n) is 14.6. The normalized spacial score (nSPS) is 14.9. The number of rotatable bonds is 27. The summed E-state index contributed by atoms with van der Waals surface area (Å²) in [6, 6.07) is -7.02. The Morgan fingerprint density at radius 2 is 0.967 bits per heavy atom. The molecule has 0 bridgehead atoms. The van der Waals surface area contributed by atoms with Crippen molar-refractivity contribution >= 4 is 65.2 Å². The maximum atomic E-state index is 13.8. The zero-order chi connectivity index (χ0) is 46.7. The van der Waals surface area contributed by atoms with E-state index in [4.69, 9.17) is 16.6 Å². The van der Waals surface area contributed by atoms with E-state index in [9.17, 15) is 73.2 Å². The third kappa shape index (κ3) is 19.2. The van der Waals surface area contributed by atoms with Crippen LogP contribution in [0.5, 0.6) is 5.75 Å². The minimum atomic E-state index is -2.08. The van der Waals surface area contributed by atoms with E-state index in [1.54, 1.807) is 20.8 Å². The van der Waals surface area contributed by atoms with Gasteiger partial charge in [-0.15, -0.1) is 0 Å². The number of aromatic hydroxyl groups is 1. The van der Waals surface area contributed by atoms with E-state index < -0.39 is 146 Å². The average molecular weight is 867 g/mol. The molecule has 61 heavy (non-hydrogen) atoms. The molecule has 15 N–H and O–H groups in total. The number of phenolic OH excluding ortho intramolecular Hbond substituents is 1. The van der Waals surface area contributed by atoms with E-state index in [0.717, 1.165) is 0 Å². The summed E-state index contributed by atoms with van der Waals surface area (Å²) in [5, 5.41) is 60.7. The first-order chi connectivity index (χ1) is 28.3. The van der Waals surface area contributed by atoms with Gasteiger partial charge in [0, 0.05) is 6.42 Å². The lowest BCUT2D eigenvalue weighted by molar-refractivity contribution is -0.144. The van der Waals surface area contributed by atoms with Gasteiger partial charge in [-0.05, 0) is 36.0 Å². The quantitative estimate of drug-likeness (QED) is 0.0411. The molecule has 0 spiro atoms. The number of nitrogens with two attached hydrogens (primary N) is 2. The fourth-order valence-electron chi connectivity index (χ4n) is 5.54. The second-order valence-corrected chi connectivity index (χ2v) is 14.6. The van der Waals surface area contributed by atoms with Crippen molar-refractivity contribution in [2.75, 3.05) is 0 Å². The number of nitrogens with one attached hydrogen (secondary N) is 6. The molecular formula is C37H54N8O16. The average Bonchev–Trinajstić information content (AvgIpc) is 3.14. The predicted octanol–water partition coefficient (Wildman–Crippen LogP) is -3.35. The maximum absolute atomic E-state index is 13.8. The lowest BCUT2D eigenvalue weighted by Crippen LogP contribution is -2.61. The third-order valence-corrected chi connectivity index (χ3v) is 8.92. The van der Waals surface area contributed by atoms with E-state index in [1.165, 1.54) is 31.2 Å². The molecule has 0 aliphatic rings. The number of carboxylic acids is 4. The molecule has 1 rings (SSSR count). The topological polar surface area (TPSA) is 413 Å². The van der Waals surface area contributed by atoms with E-state index in [0.29, 0.717) is 0 Å². The first kappa shape index (κ1) is 52.2. The molecule has 0 aromatic heterocycles. The molecule has 0 saturated carbocycles. The second kappa shape index (κ2) is 24.9. The summed E-state index contributed by atoms with van der Waals surface area (Å²) in [6.45, 7) is 6.48. The number of amides is 7. The smallest absolute Gasteiger partial charge is 0.326 e. The highest BCUT2D eigenvalue weighted by Gasteiger charge is 2.36. The van der Waals surface area contributed by atoms with Gasteiger partial charge in [-0.25, -0.2) is 4.79 Å². The fourth-order valence-corrected chi connectivity index (χ4v) is 5.54. The monoisotopic (exact) mass is 866 g/mol. The Kier molecular flexibility index (Phi) is 21.3. The summed E-state index contributed by atoms with van der Waals surface area (Å²) in [6.07, 6.45) is -4.18. The molecule has 0 heterocycles. The molecule has 24 nitrogen and oxygen atoms in total. The number of hydrogen-bond donors (Lipinski definition) is 13. The van der Waals surface area contributed by atoms with Crippen molar-refractivity contribution in [1.82, 2.24) is 31.9 Å². The minimum absolute atomic E-state index is 0.0379. The van der Waals surface area contributed by atoms with Crippen molar-refractivity contribution in [2.24, 2.45) is 23.3 Å². The molecule has 0 radical (unpaired) electrons. The van der Waals surface area contributed by atoms with E-state index >= 15 is 0 Å². The van der Waals surface area contributed by atoms with Gasteiger partial charge in [-0.3, -0.25) is 47.9 Å². The van der Waals surface area contributed by atoms with Crippen LogP contribution in [0, 0.1) is 11.8 Å². The molecule has 338 valence electrons. The first-order valence-electron chi connectivity index (χ1n) is 18.9. The number of carbonyl (C=O) groups excluding carboxylic acids is 7. The van der Waals surface area contributed by atoms with Gasteiger partial charge in [0.1, 0.15) is 42.0 Å². The lowest BCUT2D eigenvalue weighted by Gasteiger charge is -2.28. The van der Waals surface area contributed by atoms with Gasteiger partial charge in [-0.2, -0.15) is 0 Å². The Morgan fingerprint density at radius 3 is 1.38 bits per heavy atom. The number of aliphatic carboxylic acids is 4. The van der Waals surface area contributed by atoms with Crippen molar-refractivity contribution < 1.29 is 78.3 Å². The summed E-state index contributed by atoms with van der Waals surface area (Å²) in [4.78, 5) is 139. The third-order valence-electron chi connectivity index (χ3n) is 8.92. The van der Waals surface area contributed by atoms with Gasteiger partial charge in [0.05, 0.1) is 31.7 Å². The largest absolute Gasteiger partial charge is 0.508 e. The molecule has 0 aliphatic carbocycles. The van der Waals surface area contributed by atoms with Crippen LogP contribution in [0.2, 0.25) is 0 Å². The summed E-state index contributed by atoms with van der Waals surface area (Å²) in [5.41, 5.74) is 11.2. The van der Waals surface area contributed by atoms with Crippen LogP contribution >= 0.6 is 0 Å². The van der Waals surface area contributed by atoms with Crippen LogP contribution in [0.4, 0.5) is 0 Å². The van der Waals surface area contributed by atoms with Crippen molar-refractivity contribution in [3.8, 4) is 5.75 Å². The lowest BCUT2D eigenvalue weighted by atomic mass is 9.97. The molecule has 0 fully saturated rings. The van der Waals surface area contributed by atoms with Gasteiger partial charge >= 0.3 is 23.9 Å². The molecule has 24 heteroatoms. The highest BCUT2D eigenvalue weighted by atomic mass is 16.4. The number of phenols is 1. The number of carbonyl (C=O) groups is 11. The molecular weight excluding hydrogens is 812 g/mol. The van der Waals surface area contributed by atoms with Crippen molar-refractivity contribution in [2.45, 2.75) is 115 Å². The van der Waals surface area contributed by atoms with E-state index in [2.05, 4.69) is 26.6 Å². The Bertz CT molecular complexity index is 1790. The minimum Gasteiger partial charge on any atom is -0.508 e. The molecule has 1 aromatic rings. The number of benzene rings is 1. The van der Waals surface area contributed by atoms with Crippen molar-refractivity contribution in [1.29, 1.82) is 0 Å². The molecule has 1 aromatic carbocycles. The van der Waals surface area contributed by atoms with Gasteiger partial charge in [-0.1, -0.05) is 46.2 Å². The van der Waals surface area contributed by atoms with Gasteiger partial charge in [0.2, 0.25) is 41.4 Å². The predicted molar refractivity (Wildman–Crippen MR) is 208 cm³/mol. The van der Waals surface area contributed by atoms with Crippen LogP contribution in [-0.2, 0) is 59.2 Å². The summed E-state index contributed by atoms with van der Waals surface area (Å²) in [7, 11) is 0. The van der Waals surface area contributed by atoms with Crippen molar-refractivity contribution in [3.05, 3.63) is 29.8 Å². The highest BCUT2D eigenvalue weighted by molar-refractivity contribution is 5.99. The Labute approximate surface area is 348 Å². The summed E-state index contributed by atoms with van der Waals surface area (Å²) < 4.78 is 0. The SMILES string of the molecule is CCC(C)C(NC(=O)C(N)CC(=O)O)C(=O)NC(CC(=O)O)C(=O)NC(CC(=O)O)C(=O)NC(Cc1ccc(O)cc1)C(=O)NC(CC(N)=O)C(=O)NC(CC(C)C)C(=O)O. The molecule has 0 aliphatic heterocycles. The highest BCUT2D eigenvalue weighted by Crippen LogP contribution is 2.14. The first-order valence-corrected chi connectivity index (χ1v) is 18.9. The van der Waals surface area contributed by atoms with Gasteiger partial charge in [0.25, 0.3) is 0 Å². The van der Waals surface area contributed by atoms with Crippen molar-refractivity contribution in [3.63, 3.8) is 0 Å². The van der Waals surface area contributed by atoms with E-state index in [1.807, 2.05) is 5.32 Å². The molecule has 7 amide bonds. The Morgan fingerprint density at radius 1 is 0.557 bits per heavy atom. The zero-order valence-corrected chi connectivity index (χ0v) is 33.8. The standard InChI is InChI=1S/C37H54N8O16/c1-5-17(4)30(45-31(54)20(38)12-27(48)49)36(59)43-24(15-29(52)53)35(58)42-23(14-28(50)51)34(57)40-21(11-18-6-8-19(46)9-7-18)32(55)41-22(13-26(39)47)33(56)44-25(37(60)61)10-16(2)3/h6-9,16-17,20-25,30,46H,5,10-15,38H2,1-4H3,(H2,39,47)(H,40,57)(H,41,55)(H,42,58)(H,43,59)(H,44,56)(H,45,54)(H,48,49)(H,50,51)(H,52,53)(H,60,61). The van der Waals surface area contributed by atoms with Crippen LogP contribution in [-0.4, -0.2) is 133 Å². The van der Waals surface area contributed by atoms with E-state index in [-0.39, 0.29) is 30.1 Å². The van der Waals surface area contributed by atoms with Crippen LogP contribution in [0.1, 0.15) is 71.8 Å². The fraction of sp³-hybridized carbons (Fsp3) is 0.541. The molecule has 8 unspecified atom stereocenters. The molecule has 8 atom stereocenters. The van der Waals surface area contributed by atoms with Gasteiger partial charge in [0.15, 0.2) is 0 Å². The Balaban J connectivity index is 3.52. The Hall–Kier alpha value is -6.85. The van der Waals surface area contributed by atoms with Gasteiger partial charge < -0.3 is 68.9 Å². The number of hydrogen-bond acceptors (Lipinski definition) is 13. The van der Waals surface area contributed by atoms with Crippen LogP contribution in [0.15, 0.2) is 24.3 Å². The number of carboxylic acid groups (broad SMARTS) is 4. The zero-order valence-electron chi connectivity index (χ0n) is 33.8. The number of primary amides is 1. The summed E-state index contributed by atoms with van der Waals surface area (Å²) in [5.74, 6) is -15.6. The van der Waals surface area contributed by atoms with Crippen LogP contribution < -0.4 is 43.4 Å². The maximum Gasteiger partial charge on any atom is 0.326 e.